The summed E-state index contributed by atoms with van der Waals surface area (Å²) in [5.41, 5.74) is 10.5. The van der Waals surface area contributed by atoms with Gasteiger partial charge >= 0.3 is 0 Å². The van der Waals surface area contributed by atoms with E-state index in [0.717, 1.165) is 0 Å². The molecule has 0 spiro atoms. The molecular weight excluding hydrogens is 144 g/mol. The standard InChI is InChI=1S/C6H8N4O/c1-3-9-2-4(6(8)11)5(7)10-3/h2H,1H3,(H2,8,11)(H2,7,9,10). The van der Waals surface area contributed by atoms with E-state index in [1.54, 1.807) is 6.92 Å². The van der Waals surface area contributed by atoms with E-state index in [1.165, 1.54) is 6.20 Å². The van der Waals surface area contributed by atoms with E-state index < -0.39 is 5.91 Å². The molecule has 0 fully saturated rings. The SMILES string of the molecule is Cc1ncc(C(N)=O)c(N)n1. The van der Waals surface area contributed by atoms with Gasteiger partial charge in [0.15, 0.2) is 0 Å². The Morgan fingerprint density at radius 3 is 2.73 bits per heavy atom. The predicted molar refractivity (Wildman–Crippen MR) is 39.7 cm³/mol. The fraction of sp³-hybridized carbons (Fsp3) is 0.167. The number of hydrogen-bond donors (Lipinski definition) is 2. The molecule has 0 aliphatic heterocycles. The number of carbonyl (C=O) groups is 1. The van der Waals surface area contributed by atoms with Gasteiger partial charge in [0.25, 0.3) is 5.91 Å². The lowest BCUT2D eigenvalue weighted by atomic mass is 10.3. The number of amides is 1. The third kappa shape index (κ3) is 1.43. The van der Waals surface area contributed by atoms with Crippen LogP contribution in [0, 0.1) is 6.92 Å². The highest BCUT2D eigenvalue weighted by Crippen LogP contribution is 2.04. The van der Waals surface area contributed by atoms with E-state index in [4.69, 9.17) is 11.5 Å². The lowest BCUT2D eigenvalue weighted by Gasteiger charge is -1.98. The first kappa shape index (κ1) is 7.46. The molecule has 5 nitrogen and oxygen atoms in total. The van der Waals surface area contributed by atoms with E-state index in [0.29, 0.717) is 5.82 Å². The third-order valence-electron chi connectivity index (χ3n) is 1.20. The Kier molecular flexibility index (Phi) is 1.72. The van der Waals surface area contributed by atoms with E-state index in [-0.39, 0.29) is 11.4 Å². The van der Waals surface area contributed by atoms with Crippen molar-refractivity contribution >= 4 is 11.7 Å². The Morgan fingerprint density at radius 1 is 1.64 bits per heavy atom. The van der Waals surface area contributed by atoms with Gasteiger partial charge in [0.05, 0.1) is 5.56 Å². The van der Waals surface area contributed by atoms with Gasteiger partial charge in [-0.15, -0.1) is 0 Å². The van der Waals surface area contributed by atoms with Crippen molar-refractivity contribution in [1.29, 1.82) is 0 Å². The first-order valence-corrected chi connectivity index (χ1v) is 3.00. The monoisotopic (exact) mass is 152 g/mol. The molecule has 1 rings (SSSR count). The lowest BCUT2D eigenvalue weighted by molar-refractivity contribution is 0.100. The summed E-state index contributed by atoms with van der Waals surface area (Å²) in [6.45, 7) is 1.68. The van der Waals surface area contributed by atoms with Crippen LogP contribution in [-0.2, 0) is 0 Å². The molecule has 1 aromatic heterocycles. The minimum atomic E-state index is -0.609. The molecule has 0 saturated carbocycles. The molecule has 5 heteroatoms. The minimum Gasteiger partial charge on any atom is -0.383 e. The molecule has 0 aliphatic carbocycles. The second-order valence-corrected chi connectivity index (χ2v) is 2.08. The zero-order chi connectivity index (χ0) is 8.43. The Hall–Kier alpha value is -1.65. The molecular formula is C6H8N4O. The van der Waals surface area contributed by atoms with E-state index in [9.17, 15) is 4.79 Å². The van der Waals surface area contributed by atoms with Gasteiger partial charge in [-0.05, 0) is 6.92 Å². The normalized spacial score (nSPS) is 9.55. The summed E-state index contributed by atoms with van der Waals surface area (Å²) in [7, 11) is 0. The van der Waals surface area contributed by atoms with Crippen LogP contribution in [0.2, 0.25) is 0 Å². The van der Waals surface area contributed by atoms with Gasteiger partial charge in [0, 0.05) is 6.20 Å². The second-order valence-electron chi connectivity index (χ2n) is 2.08. The van der Waals surface area contributed by atoms with E-state index in [1.807, 2.05) is 0 Å². The van der Waals surface area contributed by atoms with Crippen molar-refractivity contribution in [2.75, 3.05) is 5.73 Å². The second kappa shape index (κ2) is 2.53. The van der Waals surface area contributed by atoms with Crippen molar-refractivity contribution in [2.45, 2.75) is 6.92 Å². The molecule has 58 valence electrons. The van der Waals surface area contributed by atoms with Crippen LogP contribution in [0.5, 0.6) is 0 Å². The number of nitrogen functional groups attached to an aromatic ring is 1. The molecule has 0 unspecified atom stereocenters. The maximum atomic E-state index is 10.6. The number of anilines is 1. The summed E-state index contributed by atoms with van der Waals surface area (Å²) in [6, 6.07) is 0. The molecule has 0 aromatic carbocycles. The first-order chi connectivity index (χ1) is 5.11. The van der Waals surface area contributed by atoms with Gasteiger partial charge in [-0.2, -0.15) is 0 Å². The quantitative estimate of drug-likeness (QED) is 0.565. The smallest absolute Gasteiger partial charge is 0.254 e. The van der Waals surface area contributed by atoms with Gasteiger partial charge in [0.2, 0.25) is 0 Å². The molecule has 1 aromatic rings. The first-order valence-electron chi connectivity index (χ1n) is 3.00. The summed E-state index contributed by atoms with van der Waals surface area (Å²) < 4.78 is 0. The zero-order valence-electron chi connectivity index (χ0n) is 6.03. The topological polar surface area (TPSA) is 94.9 Å². The average Bonchev–Trinajstić information content (AvgIpc) is 1.85. The Bertz CT molecular complexity index is 297. The highest BCUT2D eigenvalue weighted by Gasteiger charge is 2.06. The van der Waals surface area contributed by atoms with Crippen LogP contribution in [0.4, 0.5) is 5.82 Å². The summed E-state index contributed by atoms with van der Waals surface area (Å²) in [5, 5.41) is 0. The maximum absolute atomic E-state index is 10.6. The van der Waals surface area contributed by atoms with Gasteiger partial charge in [-0.25, -0.2) is 9.97 Å². The van der Waals surface area contributed by atoms with Crippen molar-refractivity contribution in [3.8, 4) is 0 Å². The third-order valence-corrected chi connectivity index (χ3v) is 1.20. The van der Waals surface area contributed by atoms with Gasteiger partial charge in [0.1, 0.15) is 11.6 Å². The molecule has 4 N–H and O–H groups in total. The van der Waals surface area contributed by atoms with Crippen molar-refractivity contribution in [3.63, 3.8) is 0 Å². The van der Waals surface area contributed by atoms with Crippen LogP contribution in [-0.4, -0.2) is 15.9 Å². The minimum absolute atomic E-state index is 0.130. The molecule has 0 saturated heterocycles. The molecule has 0 bridgehead atoms. The van der Waals surface area contributed by atoms with Crippen molar-refractivity contribution < 1.29 is 4.79 Å². The van der Waals surface area contributed by atoms with Crippen LogP contribution >= 0.6 is 0 Å². The van der Waals surface area contributed by atoms with Crippen LogP contribution in [0.15, 0.2) is 6.20 Å². The Balaban J connectivity index is 3.20. The van der Waals surface area contributed by atoms with Crippen LogP contribution in [0.1, 0.15) is 16.2 Å². The Morgan fingerprint density at radius 2 is 2.27 bits per heavy atom. The number of carbonyl (C=O) groups excluding carboxylic acids is 1. The molecule has 1 heterocycles. The van der Waals surface area contributed by atoms with Gasteiger partial charge in [-0.3, -0.25) is 4.79 Å². The summed E-state index contributed by atoms with van der Waals surface area (Å²) in [4.78, 5) is 18.1. The van der Waals surface area contributed by atoms with Crippen molar-refractivity contribution in [2.24, 2.45) is 5.73 Å². The molecule has 0 radical (unpaired) electrons. The fourth-order valence-corrected chi connectivity index (χ4v) is 0.677. The van der Waals surface area contributed by atoms with Crippen LogP contribution in [0.25, 0.3) is 0 Å². The number of primary amides is 1. The number of rotatable bonds is 1. The Labute approximate surface area is 63.4 Å². The van der Waals surface area contributed by atoms with E-state index in [2.05, 4.69) is 9.97 Å². The number of hydrogen-bond acceptors (Lipinski definition) is 4. The lowest BCUT2D eigenvalue weighted by Crippen LogP contribution is -2.15. The van der Waals surface area contributed by atoms with E-state index >= 15 is 0 Å². The molecule has 0 atom stereocenters. The molecule has 1 amide bonds. The molecule has 0 aliphatic rings. The maximum Gasteiger partial charge on any atom is 0.254 e. The zero-order valence-corrected chi connectivity index (χ0v) is 6.03. The fourth-order valence-electron chi connectivity index (χ4n) is 0.677. The summed E-state index contributed by atoms with van der Waals surface area (Å²) in [6.07, 6.45) is 1.32. The van der Waals surface area contributed by atoms with Crippen LogP contribution in [0.3, 0.4) is 0 Å². The van der Waals surface area contributed by atoms with Crippen LogP contribution < -0.4 is 11.5 Å². The summed E-state index contributed by atoms with van der Waals surface area (Å²) >= 11 is 0. The number of nitrogens with two attached hydrogens (primary N) is 2. The molecule has 11 heavy (non-hydrogen) atoms. The number of nitrogens with zero attached hydrogens (tertiary/aromatic N) is 2. The van der Waals surface area contributed by atoms with Crippen molar-refractivity contribution in [3.05, 3.63) is 17.6 Å². The summed E-state index contributed by atoms with van der Waals surface area (Å²) in [5.74, 6) is 0.0417. The van der Waals surface area contributed by atoms with Gasteiger partial charge in [-0.1, -0.05) is 0 Å². The average molecular weight is 152 g/mol. The predicted octanol–water partition coefficient (Wildman–Crippen LogP) is -0.534. The highest BCUT2D eigenvalue weighted by molar-refractivity contribution is 5.96. The number of aromatic nitrogens is 2. The largest absolute Gasteiger partial charge is 0.383 e. The number of aryl methyl sites for hydroxylation is 1. The van der Waals surface area contributed by atoms with Crippen molar-refractivity contribution in [1.82, 2.24) is 9.97 Å². The van der Waals surface area contributed by atoms with Gasteiger partial charge < -0.3 is 11.5 Å². The highest BCUT2D eigenvalue weighted by atomic mass is 16.1.